The van der Waals surface area contributed by atoms with E-state index in [1.54, 1.807) is 0 Å². The van der Waals surface area contributed by atoms with Crippen LogP contribution >= 0.6 is 0 Å². The minimum absolute atomic E-state index is 0.507. The molecule has 0 aliphatic heterocycles. The van der Waals surface area contributed by atoms with E-state index in [0.717, 1.165) is 49.7 Å². The van der Waals surface area contributed by atoms with Gasteiger partial charge in [-0.1, -0.05) is 127 Å². The van der Waals surface area contributed by atoms with Gasteiger partial charge >= 0.3 is 0 Å². The van der Waals surface area contributed by atoms with Crippen LogP contribution in [0.4, 0.5) is 5.69 Å². The van der Waals surface area contributed by atoms with Crippen molar-refractivity contribution in [2.75, 3.05) is 0 Å². The lowest BCUT2D eigenvalue weighted by atomic mass is 9.85. The van der Waals surface area contributed by atoms with Crippen molar-refractivity contribution in [2.45, 2.75) is 0 Å². The van der Waals surface area contributed by atoms with Crippen LogP contribution in [0.5, 0.6) is 0 Å². The summed E-state index contributed by atoms with van der Waals surface area (Å²) >= 11 is 0. The SMILES string of the molecule is [C-]#[N+]c1ccc(-n2c3ccccc3c3ccccc32)cc1-c1cc(-c2c3ccccc3c(-c3ccccc3)c3ccccc23)ccc1C#N. The van der Waals surface area contributed by atoms with Gasteiger partial charge in [0, 0.05) is 16.5 Å². The highest BCUT2D eigenvalue weighted by molar-refractivity contribution is 6.21. The Labute approximate surface area is 284 Å². The van der Waals surface area contributed by atoms with Crippen molar-refractivity contribution in [1.82, 2.24) is 4.57 Å². The van der Waals surface area contributed by atoms with E-state index in [9.17, 15) is 5.26 Å². The van der Waals surface area contributed by atoms with Crippen LogP contribution in [0.2, 0.25) is 0 Å². The molecule has 0 saturated heterocycles. The van der Waals surface area contributed by atoms with Crippen molar-refractivity contribution in [3.8, 4) is 45.1 Å². The molecular formula is C46H27N3. The molecule has 0 spiro atoms. The molecule has 49 heavy (non-hydrogen) atoms. The van der Waals surface area contributed by atoms with Gasteiger partial charge in [-0.25, -0.2) is 4.85 Å². The maximum absolute atomic E-state index is 10.4. The first kappa shape index (κ1) is 28.3. The number of hydrogen-bond donors (Lipinski definition) is 0. The molecule has 226 valence electrons. The molecule has 0 atom stereocenters. The lowest BCUT2D eigenvalue weighted by Crippen LogP contribution is -1.96. The zero-order valence-electron chi connectivity index (χ0n) is 26.4. The van der Waals surface area contributed by atoms with E-state index >= 15 is 0 Å². The smallest absolute Gasteiger partial charge is 0.195 e. The van der Waals surface area contributed by atoms with Gasteiger partial charge in [0.15, 0.2) is 5.69 Å². The second-order valence-electron chi connectivity index (χ2n) is 12.3. The zero-order chi connectivity index (χ0) is 32.9. The van der Waals surface area contributed by atoms with Crippen LogP contribution in [0.25, 0.3) is 87.3 Å². The number of nitrogens with zero attached hydrogens (tertiary/aromatic N) is 3. The fourth-order valence-corrected chi connectivity index (χ4v) is 7.55. The first-order valence-corrected chi connectivity index (χ1v) is 16.3. The van der Waals surface area contributed by atoms with E-state index in [1.807, 2.05) is 30.3 Å². The first-order chi connectivity index (χ1) is 24.2. The summed E-state index contributed by atoms with van der Waals surface area (Å²) in [4.78, 5) is 3.95. The zero-order valence-corrected chi connectivity index (χ0v) is 26.4. The molecule has 0 aliphatic rings. The molecule has 0 N–H and O–H groups in total. The van der Waals surface area contributed by atoms with Crippen LogP contribution < -0.4 is 0 Å². The third-order valence-corrected chi connectivity index (χ3v) is 9.65. The minimum Gasteiger partial charge on any atom is -0.309 e. The summed E-state index contributed by atoms with van der Waals surface area (Å²) in [6.45, 7) is 8.14. The number of benzene rings is 8. The molecule has 1 aromatic heterocycles. The van der Waals surface area contributed by atoms with Crippen LogP contribution in [0.15, 0.2) is 164 Å². The Morgan fingerprint density at radius 2 is 0.980 bits per heavy atom. The summed E-state index contributed by atoms with van der Waals surface area (Å²) in [7, 11) is 0. The van der Waals surface area contributed by atoms with Crippen molar-refractivity contribution in [2.24, 2.45) is 0 Å². The van der Waals surface area contributed by atoms with Gasteiger partial charge in [-0.15, -0.1) is 0 Å². The molecule has 0 fully saturated rings. The number of para-hydroxylation sites is 2. The van der Waals surface area contributed by atoms with E-state index in [4.69, 9.17) is 6.57 Å². The van der Waals surface area contributed by atoms with E-state index < -0.39 is 0 Å². The second kappa shape index (κ2) is 11.4. The van der Waals surface area contributed by atoms with Gasteiger partial charge in [-0.2, -0.15) is 5.26 Å². The molecule has 0 bridgehead atoms. The Bertz CT molecular complexity index is 2740. The summed E-state index contributed by atoms with van der Waals surface area (Å²) in [5.41, 5.74) is 10.1. The molecule has 9 aromatic rings. The number of hydrogen-bond acceptors (Lipinski definition) is 1. The number of fused-ring (bicyclic) bond motifs is 5. The lowest BCUT2D eigenvalue weighted by molar-refractivity contribution is 1.18. The Morgan fingerprint density at radius 3 is 1.53 bits per heavy atom. The van der Waals surface area contributed by atoms with Crippen molar-refractivity contribution >= 4 is 49.0 Å². The maximum atomic E-state index is 10.4. The van der Waals surface area contributed by atoms with Gasteiger partial charge < -0.3 is 4.57 Å². The third kappa shape index (κ3) is 4.42. The molecule has 8 aromatic carbocycles. The number of rotatable bonds is 4. The van der Waals surface area contributed by atoms with Crippen LogP contribution in [0, 0.1) is 17.9 Å². The Morgan fingerprint density at radius 1 is 0.469 bits per heavy atom. The van der Waals surface area contributed by atoms with Crippen LogP contribution in [-0.4, -0.2) is 4.57 Å². The van der Waals surface area contributed by atoms with Gasteiger partial charge in [0.05, 0.1) is 29.2 Å². The molecule has 1 heterocycles. The highest BCUT2D eigenvalue weighted by Gasteiger charge is 2.20. The average Bonchev–Trinajstić information content (AvgIpc) is 3.51. The van der Waals surface area contributed by atoms with E-state index in [1.165, 1.54) is 32.7 Å². The standard InChI is InChI=1S/C46H27N3/c1-48-42-26-25-33(49-43-21-11-9-15-34(43)35-16-10-12-22-44(35)49)28-41(42)40-27-31(23-24-32(40)29-47)46-38-19-7-5-17-36(38)45(30-13-3-2-4-14-30)37-18-6-8-20-39(37)46/h2-28H. The number of nitriles is 1. The van der Waals surface area contributed by atoms with Crippen molar-refractivity contribution < 1.29 is 0 Å². The molecule has 0 amide bonds. The quantitative estimate of drug-likeness (QED) is 0.142. The molecule has 3 nitrogen and oxygen atoms in total. The maximum Gasteiger partial charge on any atom is 0.195 e. The third-order valence-electron chi connectivity index (χ3n) is 9.65. The summed E-state index contributed by atoms with van der Waals surface area (Å²) in [5, 5.41) is 17.4. The normalized spacial score (nSPS) is 11.2. The average molecular weight is 622 g/mol. The predicted molar refractivity (Wildman–Crippen MR) is 203 cm³/mol. The minimum atomic E-state index is 0.507. The summed E-state index contributed by atoms with van der Waals surface area (Å²) in [6, 6.07) is 59.0. The predicted octanol–water partition coefficient (Wildman–Crippen LogP) is 12.5. The molecule has 0 saturated carbocycles. The van der Waals surface area contributed by atoms with Gasteiger partial charge in [-0.3, -0.25) is 0 Å². The van der Waals surface area contributed by atoms with E-state index in [-0.39, 0.29) is 0 Å². The topological polar surface area (TPSA) is 33.1 Å². The van der Waals surface area contributed by atoms with Crippen molar-refractivity contribution in [3.05, 3.63) is 181 Å². The van der Waals surface area contributed by atoms with Gasteiger partial charge in [0.2, 0.25) is 0 Å². The largest absolute Gasteiger partial charge is 0.309 e. The lowest BCUT2D eigenvalue weighted by Gasteiger charge is -2.19. The van der Waals surface area contributed by atoms with Crippen molar-refractivity contribution in [3.63, 3.8) is 0 Å². The second-order valence-corrected chi connectivity index (χ2v) is 12.3. The molecule has 0 aliphatic carbocycles. The molecule has 3 heteroatoms. The highest BCUT2D eigenvalue weighted by atomic mass is 15.0. The Hall–Kier alpha value is -6.94. The Balaban J connectivity index is 1.32. The molecule has 0 unspecified atom stereocenters. The van der Waals surface area contributed by atoms with Crippen LogP contribution in [0.1, 0.15) is 5.56 Å². The molecular weight excluding hydrogens is 595 g/mol. The summed E-state index contributed by atoms with van der Waals surface area (Å²) in [5.74, 6) is 0. The molecule has 9 rings (SSSR count). The van der Waals surface area contributed by atoms with Crippen LogP contribution in [0.3, 0.4) is 0 Å². The van der Waals surface area contributed by atoms with Crippen LogP contribution in [-0.2, 0) is 0 Å². The summed E-state index contributed by atoms with van der Waals surface area (Å²) in [6.07, 6.45) is 0. The first-order valence-electron chi connectivity index (χ1n) is 16.3. The monoisotopic (exact) mass is 621 g/mol. The number of aromatic nitrogens is 1. The molecule has 0 radical (unpaired) electrons. The Kier molecular flexibility index (Phi) is 6.58. The highest BCUT2D eigenvalue weighted by Crippen LogP contribution is 2.45. The van der Waals surface area contributed by atoms with Gasteiger partial charge in [0.25, 0.3) is 0 Å². The fourth-order valence-electron chi connectivity index (χ4n) is 7.55. The van der Waals surface area contributed by atoms with E-state index in [2.05, 4.69) is 149 Å². The van der Waals surface area contributed by atoms with Gasteiger partial charge in [0.1, 0.15) is 0 Å². The fraction of sp³-hybridized carbons (Fsp3) is 0. The summed E-state index contributed by atoms with van der Waals surface area (Å²) < 4.78 is 2.25. The van der Waals surface area contributed by atoms with Crippen molar-refractivity contribution in [1.29, 1.82) is 5.26 Å². The van der Waals surface area contributed by atoms with E-state index in [0.29, 0.717) is 11.3 Å². The van der Waals surface area contributed by atoms with Gasteiger partial charge in [-0.05, 0) is 91.3 Å².